The minimum Gasteiger partial charge on any atom is -0.508 e. The minimum atomic E-state index is 0.207. The van der Waals surface area contributed by atoms with Gasteiger partial charge in [0.1, 0.15) is 5.75 Å². The van der Waals surface area contributed by atoms with Crippen molar-refractivity contribution >= 4 is 0 Å². The van der Waals surface area contributed by atoms with Crippen molar-refractivity contribution in [2.24, 2.45) is 0 Å². The molecule has 2 aromatic rings. The van der Waals surface area contributed by atoms with Gasteiger partial charge in [-0.2, -0.15) is 9.90 Å². The van der Waals surface area contributed by atoms with Crippen molar-refractivity contribution in [3.8, 4) is 23.8 Å². The summed E-state index contributed by atoms with van der Waals surface area (Å²) in [5, 5.41) is 17.1. The van der Waals surface area contributed by atoms with Gasteiger partial charge in [0, 0.05) is 0 Å². The van der Waals surface area contributed by atoms with Gasteiger partial charge in [-0.25, -0.2) is 0 Å². The molecule has 4 nitrogen and oxygen atoms in total. The van der Waals surface area contributed by atoms with Gasteiger partial charge in [0.15, 0.2) is 5.69 Å². The zero-order valence-electron chi connectivity index (χ0n) is 9.25. The van der Waals surface area contributed by atoms with Crippen LogP contribution in [0.1, 0.15) is 19.5 Å². The van der Waals surface area contributed by atoms with E-state index in [1.54, 1.807) is 24.3 Å². The van der Waals surface area contributed by atoms with Gasteiger partial charge in [-0.05, 0) is 30.2 Å². The Kier molecular flexibility index (Phi) is 4.10. The van der Waals surface area contributed by atoms with Gasteiger partial charge in [0.2, 0.25) is 0 Å². The van der Waals surface area contributed by atoms with Crippen LogP contribution < -0.4 is 0 Å². The first-order valence-corrected chi connectivity index (χ1v) is 4.98. The third-order valence-electron chi connectivity index (χ3n) is 1.72. The number of phenolic OH excluding ortho intramolecular Hbond substituents is 1. The highest BCUT2D eigenvalue weighted by Crippen LogP contribution is 2.11. The molecule has 0 aliphatic heterocycles. The van der Waals surface area contributed by atoms with Crippen molar-refractivity contribution in [3.05, 3.63) is 36.2 Å². The van der Waals surface area contributed by atoms with Crippen LogP contribution in [0.4, 0.5) is 0 Å². The summed E-state index contributed by atoms with van der Waals surface area (Å²) in [6, 6.07) is 6.54. The van der Waals surface area contributed by atoms with Gasteiger partial charge in [-0.3, -0.25) is 0 Å². The molecular formula is C12H13N3O. The van der Waals surface area contributed by atoms with Gasteiger partial charge in [-0.1, -0.05) is 13.8 Å². The van der Waals surface area contributed by atoms with Crippen LogP contribution in [0.3, 0.4) is 0 Å². The summed E-state index contributed by atoms with van der Waals surface area (Å²) < 4.78 is 0. The Morgan fingerprint density at radius 2 is 1.88 bits per heavy atom. The van der Waals surface area contributed by atoms with E-state index in [2.05, 4.69) is 16.1 Å². The number of benzene rings is 1. The first kappa shape index (κ1) is 11.8. The Morgan fingerprint density at radius 1 is 1.25 bits per heavy atom. The van der Waals surface area contributed by atoms with Crippen molar-refractivity contribution in [2.45, 2.75) is 13.8 Å². The highest BCUT2D eigenvalue weighted by atomic mass is 16.3. The fourth-order valence-electron chi connectivity index (χ4n) is 1.04. The maximum Gasteiger partial charge on any atom is 0.155 e. The Hall–Kier alpha value is -2.28. The maximum atomic E-state index is 9.07. The second-order valence-electron chi connectivity index (χ2n) is 2.68. The van der Waals surface area contributed by atoms with E-state index in [0.29, 0.717) is 5.69 Å². The van der Waals surface area contributed by atoms with Gasteiger partial charge in [0.05, 0.1) is 11.9 Å². The standard InChI is InChI=1S/C10H7N3O.C2H6/c1-2-8-7-11-13(12-8)9-3-5-10(14)6-4-9;1-2/h1,3-7,14H;1-2H3. The molecule has 1 aromatic carbocycles. The van der Waals surface area contributed by atoms with E-state index in [9.17, 15) is 0 Å². The summed E-state index contributed by atoms with van der Waals surface area (Å²) in [5.74, 6) is 2.59. The lowest BCUT2D eigenvalue weighted by atomic mass is 10.3. The topological polar surface area (TPSA) is 50.9 Å². The average molecular weight is 215 g/mol. The predicted octanol–water partition coefficient (Wildman–Crippen LogP) is 1.98. The van der Waals surface area contributed by atoms with Gasteiger partial charge in [-0.15, -0.1) is 11.5 Å². The Bertz CT molecular complexity index is 480. The van der Waals surface area contributed by atoms with E-state index >= 15 is 0 Å². The molecule has 0 radical (unpaired) electrons. The van der Waals surface area contributed by atoms with E-state index < -0.39 is 0 Å². The summed E-state index contributed by atoms with van der Waals surface area (Å²) in [4.78, 5) is 1.41. The smallest absolute Gasteiger partial charge is 0.155 e. The molecule has 0 saturated carbocycles. The van der Waals surface area contributed by atoms with Crippen LogP contribution in [0.5, 0.6) is 5.75 Å². The number of phenols is 1. The van der Waals surface area contributed by atoms with Gasteiger partial charge in [0.25, 0.3) is 0 Å². The number of aromatic nitrogens is 3. The number of aromatic hydroxyl groups is 1. The molecule has 0 atom stereocenters. The summed E-state index contributed by atoms with van der Waals surface area (Å²) in [6.45, 7) is 4.00. The van der Waals surface area contributed by atoms with E-state index in [1.165, 1.54) is 11.0 Å². The molecule has 0 aliphatic rings. The molecule has 1 N–H and O–H groups in total. The number of rotatable bonds is 1. The van der Waals surface area contributed by atoms with E-state index in [-0.39, 0.29) is 5.75 Å². The summed E-state index contributed by atoms with van der Waals surface area (Å²) in [7, 11) is 0. The molecule has 0 saturated heterocycles. The molecule has 1 heterocycles. The first-order chi connectivity index (χ1) is 7.79. The second kappa shape index (κ2) is 5.56. The predicted molar refractivity (Wildman–Crippen MR) is 62.3 cm³/mol. The molecular weight excluding hydrogens is 202 g/mol. The van der Waals surface area contributed by atoms with Crippen LogP contribution >= 0.6 is 0 Å². The highest BCUT2D eigenvalue weighted by molar-refractivity contribution is 5.35. The monoisotopic (exact) mass is 215 g/mol. The Balaban J connectivity index is 0.000000606. The summed E-state index contributed by atoms with van der Waals surface area (Å²) in [5.41, 5.74) is 1.24. The van der Waals surface area contributed by atoms with Crippen molar-refractivity contribution < 1.29 is 5.11 Å². The number of terminal acetylenes is 1. The highest BCUT2D eigenvalue weighted by Gasteiger charge is 1.99. The third-order valence-corrected chi connectivity index (χ3v) is 1.72. The maximum absolute atomic E-state index is 9.07. The summed E-state index contributed by atoms with van der Waals surface area (Å²) >= 11 is 0. The van der Waals surface area contributed by atoms with Crippen molar-refractivity contribution in [1.82, 2.24) is 15.0 Å². The SMILES string of the molecule is C#Cc1cnn(-c2ccc(O)cc2)n1.CC. The molecule has 82 valence electrons. The molecule has 16 heavy (non-hydrogen) atoms. The fourth-order valence-corrected chi connectivity index (χ4v) is 1.04. The average Bonchev–Trinajstić information content (AvgIpc) is 2.81. The normalized spacial score (nSPS) is 8.81. The third kappa shape index (κ3) is 2.61. The summed E-state index contributed by atoms with van der Waals surface area (Å²) in [6.07, 6.45) is 6.67. The molecule has 0 aliphatic carbocycles. The molecule has 0 amide bonds. The molecule has 0 fully saturated rings. The molecule has 4 heteroatoms. The fraction of sp³-hybridized carbons (Fsp3) is 0.167. The van der Waals surface area contributed by atoms with Crippen LogP contribution in [0.15, 0.2) is 30.5 Å². The molecule has 0 unspecified atom stereocenters. The first-order valence-electron chi connectivity index (χ1n) is 4.98. The molecule has 0 bridgehead atoms. The van der Waals surface area contributed by atoms with Gasteiger partial charge >= 0.3 is 0 Å². The van der Waals surface area contributed by atoms with Crippen LogP contribution in [0.25, 0.3) is 5.69 Å². The van der Waals surface area contributed by atoms with Crippen molar-refractivity contribution in [1.29, 1.82) is 0 Å². The van der Waals surface area contributed by atoms with Crippen LogP contribution in [0.2, 0.25) is 0 Å². The largest absolute Gasteiger partial charge is 0.508 e. The molecule has 0 spiro atoms. The van der Waals surface area contributed by atoms with Crippen LogP contribution in [0, 0.1) is 12.3 Å². The molecule has 1 aromatic heterocycles. The van der Waals surface area contributed by atoms with Crippen molar-refractivity contribution in [3.63, 3.8) is 0 Å². The lowest BCUT2D eigenvalue weighted by Crippen LogP contribution is -1.97. The number of nitrogens with zero attached hydrogens (tertiary/aromatic N) is 3. The molecule has 2 rings (SSSR count). The lowest BCUT2D eigenvalue weighted by molar-refractivity contribution is 0.475. The zero-order chi connectivity index (χ0) is 12.0. The zero-order valence-corrected chi connectivity index (χ0v) is 9.25. The quantitative estimate of drug-likeness (QED) is 0.740. The minimum absolute atomic E-state index is 0.207. The van der Waals surface area contributed by atoms with E-state index in [0.717, 1.165) is 5.69 Å². The van der Waals surface area contributed by atoms with Crippen molar-refractivity contribution in [2.75, 3.05) is 0 Å². The van der Waals surface area contributed by atoms with Crippen LogP contribution in [-0.4, -0.2) is 20.1 Å². The van der Waals surface area contributed by atoms with Crippen LogP contribution in [-0.2, 0) is 0 Å². The van der Waals surface area contributed by atoms with E-state index in [1.807, 2.05) is 13.8 Å². The Labute approximate surface area is 94.5 Å². The van der Waals surface area contributed by atoms with E-state index in [4.69, 9.17) is 11.5 Å². The Morgan fingerprint density at radius 3 is 2.38 bits per heavy atom. The number of hydrogen-bond acceptors (Lipinski definition) is 3. The lowest BCUT2D eigenvalue weighted by Gasteiger charge is -1.97. The second-order valence-corrected chi connectivity index (χ2v) is 2.68. The number of hydrogen-bond donors (Lipinski definition) is 1. The van der Waals surface area contributed by atoms with Gasteiger partial charge < -0.3 is 5.11 Å².